The van der Waals surface area contributed by atoms with Crippen molar-refractivity contribution in [3.8, 4) is 6.07 Å². The maximum absolute atomic E-state index is 8.72. The predicted molar refractivity (Wildman–Crippen MR) is 55.3 cm³/mol. The Balaban J connectivity index is 2.87. The van der Waals surface area contributed by atoms with Crippen LogP contribution in [0.25, 0.3) is 5.65 Å². The van der Waals surface area contributed by atoms with Gasteiger partial charge >= 0.3 is 0 Å². The fraction of sp³-hybridized carbons (Fsp3) is 0. The molecule has 0 aliphatic heterocycles. The van der Waals surface area contributed by atoms with E-state index in [1.165, 1.54) is 0 Å². The lowest BCUT2D eigenvalue weighted by atomic mass is 10.5. The zero-order chi connectivity index (χ0) is 9.42. The lowest BCUT2D eigenvalue weighted by molar-refractivity contribution is 1.14. The van der Waals surface area contributed by atoms with Crippen LogP contribution in [0.5, 0.6) is 0 Å². The van der Waals surface area contributed by atoms with Gasteiger partial charge in [-0.05, 0) is 44.0 Å². The van der Waals surface area contributed by atoms with Crippen LogP contribution in [0.15, 0.2) is 27.4 Å². The minimum Gasteiger partial charge on any atom is -0.292 e. The number of aromatic nitrogens is 2. The van der Waals surface area contributed by atoms with E-state index in [1.54, 1.807) is 0 Å². The van der Waals surface area contributed by atoms with Gasteiger partial charge < -0.3 is 0 Å². The van der Waals surface area contributed by atoms with Gasteiger partial charge in [-0.15, -0.1) is 0 Å². The maximum Gasteiger partial charge on any atom is 0.174 e. The van der Waals surface area contributed by atoms with E-state index in [4.69, 9.17) is 5.26 Å². The molecule has 64 valence electrons. The molecule has 0 atom stereocenters. The topological polar surface area (TPSA) is 41.1 Å². The number of imidazole rings is 1. The highest BCUT2D eigenvalue weighted by Gasteiger charge is 2.08. The standard InChI is InChI=1S/C8H3Br2N3/c9-5-1-2-7-12-6(3-11)8(10)13(7)4-5/h1-2,4H. The number of nitrogens with zero attached hydrogens (tertiary/aromatic N) is 3. The normalized spacial score (nSPS) is 10.2. The molecule has 0 aliphatic rings. The largest absolute Gasteiger partial charge is 0.292 e. The van der Waals surface area contributed by atoms with Crippen molar-refractivity contribution in [3.05, 3.63) is 33.1 Å². The van der Waals surface area contributed by atoms with Crippen LogP contribution in [0.1, 0.15) is 5.69 Å². The minimum atomic E-state index is 0.401. The Morgan fingerprint density at radius 1 is 1.38 bits per heavy atom. The molecule has 5 heteroatoms. The van der Waals surface area contributed by atoms with E-state index in [0.29, 0.717) is 10.3 Å². The highest BCUT2D eigenvalue weighted by Crippen LogP contribution is 2.20. The van der Waals surface area contributed by atoms with E-state index < -0.39 is 0 Å². The van der Waals surface area contributed by atoms with Crippen LogP contribution >= 0.6 is 31.9 Å². The Labute approximate surface area is 91.3 Å². The van der Waals surface area contributed by atoms with E-state index in [-0.39, 0.29) is 0 Å². The smallest absolute Gasteiger partial charge is 0.174 e. The fourth-order valence-corrected chi connectivity index (χ4v) is 1.86. The average Bonchev–Trinajstić information content (AvgIpc) is 2.44. The number of rotatable bonds is 0. The first kappa shape index (κ1) is 8.73. The van der Waals surface area contributed by atoms with E-state index in [1.807, 2.05) is 28.8 Å². The summed E-state index contributed by atoms with van der Waals surface area (Å²) in [7, 11) is 0. The summed E-state index contributed by atoms with van der Waals surface area (Å²) >= 11 is 6.65. The number of hydrogen-bond donors (Lipinski definition) is 0. The summed E-state index contributed by atoms with van der Waals surface area (Å²) in [6.45, 7) is 0. The molecular formula is C8H3Br2N3. The third-order valence-electron chi connectivity index (χ3n) is 1.63. The van der Waals surface area contributed by atoms with E-state index in [2.05, 4.69) is 36.8 Å². The molecule has 0 fully saturated rings. The monoisotopic (exact) mass is 299 g/mol. The molecule has 0 bridgehead atoms. The average molecular weight is 301 g/mol. The van der Waals surface area contributed by atoms with Crippen molar-refractivity contribution in [1.29, 1.82) is 5.26 Å². The van der Waals surface area contributed by atoms with Gasteiger partial charge in [-0.25, -0.2) is 4.98 Å². The second-order valence-corrected chi connectivity index (χ2v) is 4.11. The van der Waals surface area contributed by atoms with Gasteiger partial charge in [0.05, 0.1) is 0 Å². The molecule has 13 heavy (non-hydrogen) atoms. The molecule has 2 heterocycles. The van der Waals surface area contributed by atoms with Crippen molar-refractivity contribution >= 4 is 37.5 Å². The quantitative estimate of drug-likeness (QED) is 0.750. The van der Waals surface area contributed by atoms with Crippen molar-refractivity contribution < 1.29 is 0 Å². The van der Waals surface area contributed by atoms with Crippen molar-refractivity contribution in [3.63, 3.8) is 0 Å². The van der Waals surface area contributed by atoms with Gasteiger partial charge in [0.25, 0.3) is 0 Å². The first-order valence-electron chi connectivity index (χ1n) is 3.45. The van der Waals surface area contributed by atoms with Crippen LogP contribution in [0.2, 0.25) is 0 Å². The predicted octanol–water partition coefficient (Wildman–Crippen LogP) is 2.73. The number of hydrogen-bond acceptors (Lipinski definition) is 2. The first-order valence-corrected chi connectivity index (χ1v) is 5.04. The third-order valence-corrected chi connectivity index (χ3v) is 2.86. The minimum absolute atomic E-state index is 0.401. The summed E-state index contributed by atoms with van der Waals surface area (Å²) < 4.78 is 3.44. The summed E-state index contributed by atoms with van der Waals surface area (Å²) in [5, 5.41) is 8.72. The van der Waals surface area contributed by atoms with Crippen LogP contribution < -0.4 is 0 Å². The molecule has 0 amide bonds. The zero-order valence-electron chi connectivity index (χ0n) is 6.33. The summed E-state index contributed by atoms with van der Waals surface area (Å²) in [5.74, 6) is 0. The molecule has 2 rings (SSSR count). The summed E-state index contributed by atoms with van der Waals surface area (Å²) in [5.41, 5.74) is 1.16. The second kappa shape index (κ2) is 3.13. The molecule has 0 unspecified atom stereocenters. The molecule has 2 aromatic rings. The molecular weight excluding hydrogens is 298 g/mol. The van der Waals surface area contributed by atoms with Crippen molar-refractivity contribution in [2.45, 2.75) is 0 Å². The second-order valence-electron chi connectivity index (χ2n) is 2.44. The van der Waals surface area contributed by atoms with Gasteiger partial charge in [0.1, 0.15) is 16.3 Å². The number of fused-ring (bicyclic) bond motifs is 1. The number of halogens is 2. The molecule has 3 nitrogen and oxygen atoms in total. The molecule has 0 aliphatic carbocycles. The van der Waals surface area contributed by atoms with Gasteiger partial charge in [0.2, 0.25) is 0 Å². The van der Waals surface area contributed by atoms with Crippen LogP contribution in [-0.2, 0) is 0 Å². The molecule has 0 saturated carbocycles. The molecule has 0 N–H and O–H groups in total. The Kier molecular flexibility index (Phi) is 2.10. The summed E-state index contributed by atoms with van der Waals surface area (Å²) in [6, 6.07) is 5.74. The first-order chi connectivity index (χ1) is 6.22. The molecule has 0 aromatic carbocycles. The van der Waals surface area contributed by atoms with E-state index >= 15 is 0 Å². The Morgan fingerprint density at radius 2 is 2.15 bits per heavy atom. The fourth-order valence-electron chi connectivity index (χ4n) is 1.06. The van der Waals surface area contributed by atoms with E-state index in [0.717, 1.165) is 10.1 Å². The lowest BCUT2D eigenvalue weighted by Crippen LogP contribution is -1.83. The highest BCUT2D eigenvalue weighted by molar-refractivity contribution is 9.10. The van der Waals surface area contributed by atoms with Crippen molar-refractivity contribution in [2.24, 2.45) is 0 Å². The lowest BCUT2D eigenvalue weighted by Gasteiger charge is -1.94. The Hall–Kier alpha value is -0.860. The van der Waals surface area contributed by atoms with Crippen LogP contribution in [0, 0.1) is 11.3 Å². The van der Waals surface area contributed by atoms with Crippen LogP contribution in [0.3, 0.4) is 0 Å². The van der Waals surface area contributed by atoms with Gasteiger partial charge in [-0.2, -0.15) is 5.26 Å². The molecule has 0 radical (unpaired) electrons. The third kappa shape index (κ3) is 1.36. The molecule has 2 aromatic heterocycles. The molecule has 0 spiro atoms. The highest BCUT2D eigenvalue weighted by atomic mass is 79.9. The Morgan fingerprint density at radius 3 is 2.85 bits per heavy atom. The van der Waals surface area contributed by atoms with Gasteiger partial charge in [-0.3, -0.25) is 4.40 Å². The van der Waals surface area contributed by atoms with Crippen LogP contribution in [-0.4, -0.2) is 9.38 Å². The Bertz CT molecular complexity index is 510. The maximum atomic E-state index is 8.72. The van der Waals surface area contributed by atoms with Crippen molar-refractivity contribution in [1.82, 2.24) is 9.38 Å². The van der Waals surface area contributed by atoms with E-state index in [9.17, 15) is 0 Å². The van der Waals surface area contributed by atoms with Crippen molar-refractivity contribution in [2.75, 3.05) is 0 Å². The number of nitriles is 1. The molecule has 0 saturated heterocycles. The summed E-state index contributed by atoms with van der Waals surface area (Å²) in [6.07, 6.45) is 1.85. The SMILES string of the molecule is N#Cc1nc2ccc(Br)cn2c1Br. The van der Waals surface area contributed by atoms with Gasteiger partial charge in [-0.1, -0.05) is 0 Å². The van der Waals surface area contributed by atoms with Gasteiger partial charge in [0, 0.05) is 10.7 Å². The summed E-state index contributed by atoms with van der Waals surface area (Å²) in [4.78, 5) is 4.11. The van der Waals surface area contributed by atoms with Crippen LogP contribution in [0.4, 0.5) is 0 Å². The van der Waals surface area contributed by atoms with Gasteiger partial charge in [0.15, 0.2) is 5.69 Å². The number of pyridine rings is 1. The zero-order valence-corrected chi connectivity index (χ0v) is 9.50.